The van der Waals surface area contributed by atoms with Crippen LogP contribution >= 0.6 is 7.60 Å². The minimum atomic E-state index is -2.83. The van der Waals surface area contributed by atoms with Crippen molar-refractivity contribution in [2.75, 3.05) is 19.4 Å². The first-order valence-corrected chi connectivity index (χ1v) is 7.50. The van der Waals surface area contributed by atoms with Crippen molar-refractivity contribution in [3.05, 3.63) is 0 Å². The van der Waals surface area contributed by atoms with Crippen LogP contribution in [-0.4, -0.2) is 19.4 Å². The lowest BCUT2D eigenvalue weighted by Crippen LogP contribution is -2.08. The van der Waals surface area contributed by atoms with Gasteiger partial charge in [0.25, 0.3) is 0 Å². The van der Waals surface area contributed by atoms with Crippen molar-refractivity contribution >= 4 is 7.60 Å². The van der Waals surface area contributed by atoms with Crippen LogP contribution in [0.15, 0.2) is 0 Å². The molecule has 0 aliphatic carbocycles. The van der Waals surface area contributed by atoms with E-state index in [1.807, 2.05) is 34.6 Å². The molecule has 3 nitrogen and oxygen atoms in total. The van der Waals surface area contributed by atoms with Gasteiger partial charge in [-0.3, -0.25) is 4.57 Å². The van der Waals surface area contributed by atoms with E-state index in [2.05, 4.69) is 0 Å². The molecule has 0 aromatic heterocycles. The Bertz CT molecular complexity index is 186. The van der Waals surface area contributed by atoms with Crippen molar-refractivity contribution in [3.63, 3.8) is 0 Å². The summed E-state index contributed by atoms with van der Waals surface area (Å²) in [5, 5.41) is 0. The predicted molar refractivity (Wildman–Crippen MR) is 64.3 cm³/mol. The normalized spacial score (nSPS) is 12.7. The van der Waals surface area contributed by atoms with Gasteiger partial charge in [-0.1, -0.05) is 34.6 Å². The van der Waals surface area contributed by atoms with E-state index in [9.17, 15) is 4.57 Å². The van der Waals surface area contributed by atoms with Crippen LogP contribution in [0, 0.1) is 11.8 Å². The number of hydrogen-bond acceptors (Lipinski definition) is 3. The average molecular weight is 236 g/mol. The highest BCUT2D eigenvalue weighted by molar-refractivity contribution is 7.53. The van der Waals surface area contributed by atoms with Crippen molar-refractivity contribution in [1.29, 1.82) is 0 Å². The van der Waals surface area contributed by atoms with Crippen molar-refractivity contribution in [3.8, 4) is 0 Å². The third kappa shape index (κ3) is 8.01. The molecule has 0 rings (SSSR count). The highest BCUT2D eigenvalue weighted by atomic mass is 31.2. The van der Waals surface area contributed by atoms with Gasteiger partial charge < -0.3 is 9.05 Å². The minimum absolute atomic E-state index is 0.387. The van der Waals surface area contributed by atoms with Crippen LogP contribution in [0.1, 0.15) is 41.0 Å². The van der Waals surface area contributed by atoms with E-state index >= 15 is 0 Å². The maximum Gasteiger partial charge on any atom is 0.330 e. The van der Waals surface area contributed by atoms with E-state index in [0.29, 0.717) is 31.2 Å². The largest absolute Gasteiger partial charge is 0.330 e. The minimum Gasteiger partial charge on any atom is -0.308 e. The molecule has 0 saturated heterocycles. The highest BCUT2D eigenvalue weighted by Gasteiger charge is 2.24. The third-order valence-corrected chi connectivity index (χ3v) is 3.79. The molecular formula is C11H25O3P. The van der Waals surface area contributed by atoms with E-state index in [-0.39, 0.29) is 0 Å². The van der Waals surface area contributed by atoms with Gasteiger partial charge in [0.15, 0.2) is 0 Å². The first-order valence-electron chi connectivity index (χ1n) is 5.77. The van der Waals surface area contributed by atoms with E-state index < -0.39 is 7.60 Å². The fourth-order valence-electron chi connectivity index (χ4n) is 0.965. The molecule has 4 heteroatoms. The summed E-state index contributed by atoms with van der Waals surface area (Å²) >= 11 is 0. The van der Waals surface area contributed by atoms with E-state index in [1.165, 1.54) is 0 Å². The van der Waals surface area contributed by atoms with Crippen LogP contribution in [0.25, 0.3) is 0 Å². The molecule has 92 valence electrons. The van der Waals surface area contributed by atoms with E-state index in [4.69, 9.17) is 9.05 Å². The van der Waals surface area contributed by atoms with Crippen LogP contribution in [0.2, 0.25) is 0 Å². The molecule has 15 heavy (non-hydrogen) atoms. The quantitative estimate of drug-likeness (QED) is 0.599. The molecule has 0 heterocycles. The monoisotopic (exact) mass is 236 g/mol. The highest BCUT2D eigenvalue weighted by Crippen LogP contribution is 2.49. The molecule has 0 aromatic carbocycles. The zero-order valence-electron chi connectivity index (χ0n) is 10.7. The molecule has 0 aliphatic rings. The Kier molecular flexibility index (Phi) is 7.50. The summed E-state index contributed by atoms with van der Waals surface area (Å²) in [5.41, 5.74) is 0. The SMILES string of the molecule is CCCP(=O)(OCC(C)C)OCC(C)C. The summed E-state index contributed by atoms with van der Waals surface area (Å²) in [6, 6.07) is 0. The van der Waals surface area contributed by atoms with Gasteiger partial charge in [-0.25, -0.2) is 0 Å². The molecule has 0 aromatic rings. The van der Waals surface area contributed by atoms with Crippen LogP contribution < -0.4 is 0 Å². The first-order chi connectivity index (χ1) is 6.89. The predicted octanol–water partition coefficient (Wildman–Crippen LogP) is 3.93. The first kappa shape index (κ1) is 15.2. The van der Waals surface area contributed by atoms with Gasteiger partial charge >= 0.3 is 7.60 Å². The second-order valence-electron chi connectivity index (χ2n) is 4.71. The zero-order chi connectivity index (χ0) is 11.9. The number of hydrogen-bond donors (Lipinski definition) is 0. The topological polar surface area (TPSA) is 35.5 Å². The second-order valence-corrected chi connectivity index (χ2v) is 6.90. The van der Waals surface area contributed by atoms with Crippen molar-refractivity contribution in [2.24, 2.45) is 11.8 Å². The van der Waals surface area contributed by atoms with Crippen molar-refractivity contribution in [1.82, 2.24) is 0 Å². The Hall–Kier alpha value is 0.150. The molecule has 0 unspecified atom stereocenters. The van der Waals surface area contributed by atoms with Gasteiger partial charge in [-0.05, 0) is 18.3 Å². The van der Waals surface area contributed by atoms with Gasteiger partial charge in [0.1, 0.15) is 0 Å². The lowest BCUT2D eigenvalue weighted by atomic mass is 10.2. The third-order valence-electron chi connectivity index (χ3n) is 1.71. The molecule has 0 radical (unpaired) electrons. The fraction of sp³-hybridized carbons (Fsp3) is 1.00. The van der Waals surface area contributed by atoms with Gasteiger partial charge in [0.2, 0.25) is 0 Å². The van der Waals surface area contributed by atoms with Gasteiger partial charge in [0.05, 0.1) is 13.2 Å². The zero-order valence-corrected chi connectivity index (χ0v) is 11.5. The lowest BCUT2D eigenvalue weighted by molar-refractivity contribution is 0.173. The Morgan fingerprint density at radius 1 is 1.00 bits per heavy atom. The summed E-state index contributed by atoms with van der Waals surface area (Å²) in [6.07, 6.45) is 1.35. The van der Waals surface area contributed by atoms with Crippen LogP contribution in [0.4, 0.5) is 0 Å². The fourth-order valence-corrected chi connectivity index (χ4v) is 2.90. The van der Waals surface area contributed by atoms with Crippen LogP contribution in [-0.2, 0) is 13.6 Å². The lowest BCUT2D eigenvalue weighted by Gasteiger charge is -2.20. The molecule has 0 bridgehead atoms. The smallest absolute Gasteiger partial charge is 0.308 e. The number of rotatable bonds is 8. The molecule has 0 N–H and O–H groups in total. The summed E-state index contributed by atoms with van der Waals surface area (Å²) < 4.78 is 23.0. The standard InChI is InChI=1S/C11H25O3P/c1-6-7-15(12,13-8-10(2)3)14-9-11(4)5/h10-11H,6-9H2,1-5H3. The summed E-state index contributed by atoms with van der Waals surface area (Å²) in [5.74, 6) is 0.774. The van der Waals surface area contributed by atoms with E-state index in [0.717, 1.165) is 6.42 Å². The Balaban J connectivity index is 4.12. The Morgan fingerprint density at radius 3 is 1.67 bits per heavy atom. The maximum atomic E-state index is 12.2. The van der Waals surface area contributed by atoms with Gasteiger partial charge in [0, 0.05) is 6.16 Å². The van der Waals surface area contributed by atoms with Crippen molar-refractivity contribution < 1.29 is 13.6 Å². The van der Waals surface area contributed by atoms with Crippen LogP contribution in [0.3, 0.4) is 0 Å². The van der Waals surface area contributed by atoms with Gasteiger partial charge in [-0.2, -0.15) is 0 Å². The molecule has 0 saturated carbocycles. The summed E-state index contributed by atoms with van der Waals surface area (Å²) in [6.45, 7) is 11.2. The van der Waals surface area contributed by atoms with Crippen LogP contribution in [0.5, 0.6) is 0 Å². The van der Waals surface area contributed by atoms with Gasteiger partial charge in [-0.15, -0.1) is 0 Å². The molecule has 0 aliphatic heterocycles. The Labute approximate surface area is 94.1 Å². The summed E-state index contributed by atoms with van der Waals surface area (Å²) in [4.78, 5) is 0. The average Bonchev–Trinajstić information content (AvgIpc) is 2.13. The second kappa shape index (κ2) is 7.43. The summed E-state index contributed by atoms with van der Waals surface area (Å²) in [7, 11) is -2.83. The molecule has 0 fully saturated rings. The van der Waals surface area contributed by atoms with E-state index in [1.54, 1.807) is 0 Å². The molecular weight excluding hydrogens is 211 g/mol. The van der Waals surface area contributed by atoms with Crippen molar-refractivity contribution in [2.45, 2.75) is 41.0 Å². The maximum absolute atomic E-state index is 12.2. The Morgan fingerprint density at radius 2 is 1.40 bits per heavy atom. The molecule has 0 amide bonds. The molecule has 0 atom stereocenters. The molecule has 0 spiro atoms.